The third kappa shape index (κ3) is 4.54. The van der Waals surface area contributed by atoms with Crippen molar-refractivity contribution in [1.82, 2.24) is 0 Å². The zero-order chi connectivity index (χ0) is 19.5. The maximum atomic E-state index is 6.50. The molecule has 28 heavy (non-hydrogen) atoms. The van der Waals surface area contributed by atoms with Crippen LogP contribution >= 0.6 is 0 Å². The van der Waals surface area contributed by atoms with Crippen molar-refractivity contribution < 1.29 is 0 Å². The molecule has 0 radical (unpaired) electrons. The van der Waals surface area contributed by atoms with E-state index in [-0.39, 0.29) is 0 Å². The maximum absolute atomic E-state index is 6.50. The van der Waals surface area contributed by atoms with Gasteiger partial charge in [0.05, 0.1) is 0 Å². The molecule has 2 aromatic rings. The summed E-state index contributed by atoms with van der Waals surface area (Å²) in [5, 5.41) is 0. The lowest BCUT2D eigenvalue weighted by atomic mass is 9.68. The summed E-state index contributed by atoms with van der Waals surface area (Å²) in [4.78, 5) is 0. The molecule has 0 aliphatic heterocycles. The Labute approximate surface area is 170 Å². The number of nitrogens with two attached hydrogens (primary N) is 2. The maximum Gasteiger partial charge on any atom is 0.0352 e. The van der Waals surface area contributed by atoms with E-state index in [2.05, 4.69) is 37.3 Å². The lowest BCUT2D eigenvalue weighted by Gasteiger charge is -2.37. The molecule has 0 amide bonds. The van der Waals surface area contributed by atoms with Crippen LogP contribution in [0.3, 0.4) is 0 Å². The Bertz CT molecular complexity index is 764. The first-order chi connectivity index (χ1) is 13.6. The summed E-state index contributed by atoms with van der Waals surface area (Å²) in [6.45, 7) is 2.42. The van der Waals surface area contributed by atoms with Gasteiger partial charge in [-0.05, 0) is 104 Å². The molecule has 0 bridgehead atoms. The molecule has 0 spiro atoms. The van der Waals surface area contributed by atoms with Gasteiger partial charge in [-0.3, -0.25) is 0 Å². The van der Waals surface area contributed by atoms with Gasteiger partial charge in [-0.15, -0.1) is 0 Å². The summed E-state index contributed by atoms with van der Waals surface area (Å²) < 4.78 is 0. The third-order valence-electron chi connectivity index (χ3n) is 7.48. The fourth-order valence-corrected chi connectivity index (χ4v) is 5.64. The normalized spacial score (nSPS) is 28.2. The lowest BCUT2D eigenvalue weighted by Crippen LogP contribution is -2.25. The van der Waals surface area contributed by atoms with Crippen LogP contribution in [0.1, 0.15) is 80.9 Å². The molecule has 2 fully saturated rings. The van der Waals surface area contributed by atoms with Crippen molar-refractivity contribution in [1.29, 1.82) is 0 Å². The van der Waals surface area contributed by atoms with Crippen molar-refractivity contribution in [2.45, 2.75) is 70.6 Å². The smallest absolute Gasteiger partial charge is 0.0352 e. The van der Waals surface area contributed by atoms with Gasteiger partial charge in [-0.1, -0.05) is 44.0 Å². The molecule has 2 aliphatic carbocycles. The Morgan fingerprint density at radius 2 is 1.29 bits per heavy atom. The van der Waals surface area contributed by atoms with Gasteiger partial charge in [0, 0.05) is 11.4 Å². The molecule has 0 unspecified atom stereocenters. The lowest BCUT2D eigenvalue weighted by molar-refractivity contribution is 0.165. The molecule has 150 valence electrons. The Morgan fingerprint density at radius 3 is 1.89 bits per heavy atom. The first-order valence-corrected chi connectivity index (χ1v) is 11.3. The Hall–Kier alpha value is -1.96. The van der Waals surface area contributed by atoms with Crippen LogP contribution in [0.15, 0.2) is 42.5 Å². The monoisotopic (exact) mass is 376 g/mol. The number of hydrogen-bond acceptors (Lipinski definition) is 2. The van der Waals surface area contributed by atoms with Crippen molar-refractivity contribution in [3.8, 4) is 0 Å². The summed E-state index contributed by atoms with van der Waals surface area (Å²) in [7, 11) is 0. The molecule has 4 N–H and O–H groups in total. The first kappa shape index (κ1) is 19.4. The van der Waals surface area contributed by atoms with Gasteiger partial charge in [0.15, 0.2) is 0 Å². The van der Waals surface area contributed by atoms with E-state index in [4.69, 9.17) is 11.5 Å². The van der Waals surface area contributed by atoms with Crippen molar-refractivity contribution in [3.05, 3.63) is 59.2 Å². The second-order valence-corrected chi connectivity index (χ2v) is 9.51. The van der Waals surface area contributed by atoms with Crippen LogP contribution in [0, 0.1) is 17.8 Å². The molecular weight excluding hydrogens is 340 g/mol. The van der Waals surface area contributed by atoms with Crippen LogP contribution in [0.2, 0.25) is 0 Å². The molecule has 0 heterocycles. The third-order valence-corrected chi connectivity index (χ3v) is 7.48. The average Bonchev–Trinajstić information content (AvgIpc) is 2.71. The Kier molecular flexibility index (Phi) is 5.94. The van der Waals surface area contributed by atoms with E-state index < -0.39 is 0 Å². The summed E-state index contributed by atoms with van der Waals surface area (Å²) in [5.41, 5.74) is 18.1. The van der Waals surface area contributed by atoms with Gasteiger partial charge in [-0.2, -0.15) is 0 Å². The van der Waals surface area contributed by atoms with Gasteiger partial charge in [-0.25, -0.2) is 0 Å². The zero-order valence-electron chi connectivity index (χ0n) is 17.4. The summed E-state index contributed by atoms with van der Waals surface area (Å²) >= 11 is 0. The van der Waals surface area contributed by atoms with E-state index in [1.165, 1.54) is 68.1 Å². The topological polar surface area (TPSA) is 52.0 Å². The van der Waals surface area contributed by atoms with Crippen LogP contribution in [0.25, 0.3) is 0 Å². The molecule has 0 atom stereocenters. The minimum absolute atomic E-state index is 0.657. The van der Waals surface area contributed by atoms with E-state index >= 15 is 0 Å². The first-order valence-electron chi connectivity index (χ1n) is 11.3. The van der Waals surface area contributed by atoms with Gasteiger partial charge in [0.1, 0.15) is 0 Å². The minimum atomic E-state index is 0.657. The number of benzene rings is 2. The SMILES string of the molecule is CC1CCC(C2CCC(c3ccc(Cc4ccc(N)cc4)cc3N)CC2)CC1. The molecule has 2 aliphatic rings. The predicted octanol–water partition coefficient (Wildman–Crippen LogP) is 6.54. The van der Waals surface area contributed by atoms with E-state index in [0.29, 0.717) is 5.92 Å². The van der Waals surface area contributed by atoms with Crippen molar-refractivity contribution in [2.75, 3.05) is 11.5 Å². The fraction of sp³-hybridized carbons (Fsp3) is 0.538. The van der Waals surface area contributed by atoms with Gasteiger partial charge in [0.2, 0.25) is 0 Å². The van der Waals surface area contributed by atoms with Crippen LogP contribution < -0.4 is 11.5 Å². The van der Waals surface area contributed by atoms with Crippen LogP contribution in [0.5, 0.6) is 0 Å². The number of hydrogen-bond donors (Lipinski definition) is 2. The van der Waals surface area contributed by atoms with E-state index in [1.54, 1.807) is 0 Å². The minimum Gasteiger partial charge on any atom is -0.399 e. The molecule has 2 nitrogen and oxygen atoms in total. The van der Waals surface area contributed by atoms with E-state index in [9.17, 15) is 0 Å². The fourth-order valence-electron chi connectivity index (χ4n) is 5.64. The number of nitrogen functional groups attached to an aromatic ring is 2. The molecular formula is C26H36N2. The molecule has 4 rings (SSSR count). The molecule has 0 saturated heterocycles. The van der Waals surface area contributed by atoms with E-state index in [0.717, 1.165) is 35.5 Å². The van der Waals surface area contributed by atoms with Crippen molar-refractivity contribution in [3.63, 3.8) is 0 Å². The zero-order valence-corrected chi connectivity index (χ0v) is 17.4. The molecule has 2 heteroatoms. The highest BCUT2D eigenvalue weighted by molar-refractivity contribution is 5.52. The summed E-state index contributed by atoms with van der Waals surface area (Å²) in [5.74, 6) is 3.58. The van der Waals surface area contributed by atoms with Crippen molar-refractivity contribution in [2.24, 2.45) is 17.8 Å². The van der Waals surface area contributed by atoms with Crippen LogP contribution in [0.4, 0.5) is 11.4 Å². The van der Waals surface area contributed by atoms with Gasteiger partial charge in [0.25, 0.3) is 0 Å². The Balaban J connectivity index is 1.35. The quantitative estimate of drug-likeness (QED) is 0.595. The molecule has 2 aromatic carbocycles. The summed E-state index contributed by atoms with van der Waals surface area (Å²) in [6, 6.07) is 14.9. The van der Waals surface area contributed by atoms with Crippen molar-refractivity contribution >= 4 is 11.4 Å². The molecule has 0 aromatic heterocycles. The molecule has 2 saturated carbocycles. The summed E-state index contributed by atoms with van der Waals surface area (Å²) in [6.07, 6.45) is 12.2. The second-order valence-electron chi connectivity index (χ2n) is 9.51. The van der Waals surface area contributed by atoms with Gasteiger partial charge < -0.3 is 11.5 Å². The number of anilines is 2. The van der Waals surface area contributed by atoms with Crippen LogP contribution in [-0.2, 0) is 6.42 Å². The van der Waals surface area contributed by atoms with Crippen LogP contribution in [-0.4, -0.2) is 0 Å². The highest BCUT2D eigenvalue weighted by Gasteiger charge is 2.30. The number of rotatable bonds is 4. The van der Waals surface area contributed by atoms with Gasteiger partial charge >= 0.3 is 0 Å². The standard InChI is InChI=1S/C26H36N2/c1-18-2-7-21(8-3-18)22-9-11-23(12-10-22)25-15-6-20(17-26(25)28)16-19-4-13-24(27)14-5-19/h4-6,13-15,17-18,21-23H,2-3,7-12,16,27-28H2,1H3. The highest BCUT2D eigenvalue weighted by Crippen LogP contribution is 2.44. The highest BCUT2D eigenvalue weighted by atomic mass is 14.6. The Morgan fingerprint density at radius 1 is 0.714 bits per heavy atom. The largest absolute Gasteiger partial charge is 0.399 e. The second kappa shape index (κ2) is 8.59. The predicted molar refractivity (Wildman–Crippen MR) is 120 cm³/mol. The van der Waals surface area contributed by atoms with E-state index in [1.807, 2.05) is 12.1 Å². The average molecular weight is 377 g/mol.